The van der Waals surface area contributed by atoms with Gasteiger partial charge in [0.1, 0.15) is 6.20 Å². The maximum atomic E-state index is 5.07. The molecule has 3 aromatic carbocycles. The lowest BCUT2D eigenvalue weighted by molar-refractivity contribution is -0.674. The summed E-state index contributed by atoms with van der Waals surface area (Å²) in [6.45, 7) is 8.19. The summed E-state index contributed by atoms with van der Waals surface area (Å²) in [5.74, 6) is 0.671. The Morgan fingerprint density at radius 1 is 0.769 bits per heavy atom. The highest BCUT2D eigenvalue weighted by atomic mass is 15.0. The molecule has 4 nitrogen and oxygen atoms in total. The smallest absolute Gasteiger partial charge is 0.239 e. The number of hydrogen-bond acceptors (Lipinski definition) is 3. The second kappa shape index (κ2) is 11.6. The van der Waals surface area contributed by atoms with Crippen LogP contribution in [0, 0.1) is 0 Å². The second-order valence-corrected chi connectivity index (χ2v) is 9.47. The maximum absolute atomic E-state index is 5.07. The Kier molecular flexibility index (Phi) is 7.65. The zero-order valence-corrected chi connectivity index (χ0v) is 22.5. The lowest BCUT2D eigenvalue weighted by Gasteiger charge is -2.12. The summed E-state index contributed by atoms with van der Waals surface area (Å²) < 4.78 is 1.95. The number of allylic oxidation sites excluding steroid dienone is 5. The van der Waals surface area contributed by atoms with Crippen LogP contribution in [0.1, 0.15) is 19.5 Å². The molecule has 0 aliphatic carbocycles. The summed E-state index contributed by atoms with van der Waals surface area (Å²) in [6.07, 6.45) is 11.8. The average Bonchev–Trinajstić information content (AvgIpc) is 3.00. The molecule has 39 heavy (non-hydrogen) atoms. The van der Waals surface area contributed by atoms with Gasteiger partial charge >= 0.3 is 0 Å². The van der Waals surface area contributed by atoms with Crippen LogP contribution in [0.2, 0.25) is 0 Å². The summed E-state index contributed by atoms with van der Waals surface area (Å²) in [6, 6.07) is 29.2. The lowest BCUT2D eigenvalue weighted by atomic mass is 10.0. The summed E-state index contributed by atoms with van der Waals surface area (Å²) in [5, 5.41) is 0. The van der Waals surface area contributed by atoms with Gasteiger partial charge in [-0.3, -0.25) is 0 Å². The topological polar surface area (TPSA) is 42.5 Å². The first-order valence-corrected chi connectivity index (χ1v) is 13.0. The van der Waals surface area contributed by atoms with E-state index < -0.39 is 0 Å². The van der Waals surface area contributed by atoms with Crippen LogP contribution >= 0.6 is 0 Å². The van der Waals surface area contributed by atoms with Crippen LogP contribution in [0.4, 0.5) is 0 Å². The highest BCUT2D eigenvalue weighted by Gasteiger charge is 2.13. The van der Waals surface area contributed by atoms with Gasteiger partial charge in [0, 0.05) is 11.1 Å². The van der Waals surface area contributed by atoms with Crippen molar-refractivity contribution < 1.29 is 4.57 Å². The molecule has 0 saturated heterocycles. The number of benzene rings is 3. The van der Waals surface area contributed by atoms with Crippen molar-refractivity contribution in [3.8, 4) is 44.9 Å². The minimum atomic E-state index is 0.671. The molecule has 5 aromatic rings. The molecule has 4 heteroatoms. The molecule has 0 amide bonds. The lowest BCUT2D eigenvalue weighted by Crippen LogP contribution is -2.27. The van der Waals surface area contributed by atoms with Gasteiger partial charge in [0.2, 0.25) is 0 Å². The Morgan fingerprint density at radius 3 is 2.15 bits per heavy atom. The zero-order valence-electron chi connectivity index (χ0n) is 22.5. The van der Waals surface area contributed by atoms with Gasteiger partial charge in [0.15, 0.2) is 12.0 Å². The maximum Gasteiger partial charge on any atom is 0.285 e. The van der Waals surface area contributed by atoms with E-state index in [1.54, 1.807) is 6.33 Å². The minimum Gasteiger partial charge on any atom is -0.239 e. The molecule has 0 radical (unpaired) electrons. The van der Waals surface area contributed by atoms with E-state index in [1.165, 1.54) is 0 Å². The highest BCUT2D eigenvalue weighted by Crippen LogP contribution is 2.30. The molecule has 190 valence electrons. The molecular weight excluding hydrogens is 476 g/mol. The van der Waals surface area contributed by atoms with E-state index in [0.717, 1.165) is 55.9 Å². The van der Waals surface area contributed by atoms with E-state index in [-0.39, 0.29) is 0 Å². The third kappa shape index (κ3) is 5.97. The summed E-state index contributed by atoms with van der Waals surface area (Å²) in [5.41, 5.74) is 10.1. The van der Waals surface area contributed by atoms with E-state index in [0.29, 0.717) is 5.82 Å². The highest BCUT2D eigenvalue weighted by molar-refractivity contribution is 5.79. The number of rotatable bonds is 7. The number of hydrogen-bond donors (Lipinski definition) is 0. The van der Waals surface area contributed by atoms with Gasteiger partial charge < -0.3 is 0 Å². The largest absolute Gasteiger partial charge is 0.285 e. The Labute approximate surface area is 230 Å². The van der Waals surface area contributed by atoms with Gasteiger partial charge in [-0.1, -0.05) is 102 Å². The Balaban J connectivity index is 1.67. The van der Waals surface area contributed by atoms with Crippen LogP contribution in [0.15, 0.2) is 134 Å². The molecule has 0 aliphatic rings. The predicted octanol–water partition coefficient (Wildman–Crippen LogP) is 7.90. The molecule has 0 saturated carbocycles. The van der Waals surface area contributed by atoms with E-state index in [9.17, 15) is 0 Å². The SMILES string of the molecule is C=CC(=CC(C)=CC)c1cc(-c2cccc(-c3cnc[n+](C)c3)c2)nc(-c2cccc(-c3ccccc3)c2)n1. The summed E-state index contributed by atoms with van der Waals surface area (Å²) >= 11 is 0. The van der Waals surface area contributed by atoms with Crippen molar-refractivity contribution in [1.29, 1.82) is 0 Å². The van der Waals surface area contributed by atoms with Gasteiger partial charge in [0.05, 0.1) is 24.0 Å². The molecule has 5 rings (SSSR count). The van der Waals surface area contributed by atoms with Crippen molar-refractivity contribution in [3.63, 3.8) is 0 Å². The molecule has 0 aliphatic heterocycles. The van der Waals surface area contributed by atoms with Crippen LogP contribution in [-0.2, 0) is 7.05 Å². The Bertz CT molecular complexity index is 1700. The van der Waals surface area contributed by atoms with Crippen molar-refractivity contribution in [2.75, 3.05) is 0 Å². The normalized spacial score (nSPS) is 11.9. The Morgan fingerprint density at radius 2 is 1.44 bits per heavy atom. The number of aromatic nitrogens is 4. The minimum absolute atomic E-state index is 0.671. The van der Waals surface area contributed by atoms with Gasteiger partial charge in [-0.05, 0) is 54.3 Å². The van der Waals surface area contributed by atoms with E-state index in [2.05, 4.69) is 110 Å². The summed E-state index contributed by atoms with van der Waals surface area (Å²) in [7, 11) is 1.97. The van der Waals surface area contributed by atoms with Crippen LogP contribution in [0.3, 0.4) is 0 Å². The third-order valence-corrected chi connectivity index (χ3v) is 6.61. The van der Waals surface area contributed by atoms with Crippen molar-refractivity contribution in [2.45, 2.75) is 13.8 Å². The fourth-order valence-electron chi connectivity index (χ4n) is 4.42. The van der Waals surface area contributed by atoms with E-state index in [1.807, 2.05) is 42.9 Å². The van der Waals surface area contributed by atoms with E-state index in [4.69, 9.17) is 9.97 Å². The van der Waals surface area contributed by atoms with Crippen LogP contribution in [0.25, 0.3) is 50.5 Å². The first kappa shape index (κ1) is 25.7. The molecule has 0 fully saturated rings. The Hall–Kier alpha value is -4.96. The molecule has 0 unspecified atom stereocenters. The van der Waals surface area contributed by atoms with Gasteiger partial charge in [-0.15, -0.1) is 0 Å². The van der Waals surface area contributed by atoms with Crippen molar-refractivity contribution in [1.82, 2.24) is 15.0 Å². The molecular formula is C35H31N4+. The van der Waals surface area contributed by atoms with Gasteiger partial charge in [-0.2, -0.15) is 0 Å². The van der Waals surface area contributed by atoms with Crippen LogP contribution in [-0.4, -0.2) is 15.0 Å². The molecule has 0 bridgehead atoms. The molecule has 0 spiro atoms. The first-order chi connectivity index (χ1) is 19.0. The average molecular weight is 508 g/mol. The van der Waals surface area contributed by atoms with Crippen LogP contribution in [0.5, 0.6) is 0 Å². The summed E-state index contributed by atoms with van der Waals surface area (Å²) in [4.78, 5) is 14.4. The molecule has 0 atom stereocenters. The quantitative estimate of drug-likeness (QED) is 0.166. The number of aryl methyl sites for hydroxylation is 1. The molecule has 2 aromatic heterocycles. The first-order valence-electron chi connectivity index (χ1n) is 13.0. The van der Waals surface area contributed by atoms with Crippen molar-refractivity contribution in [3.05, 3.63) is 140 Å². The fourth-order valence-corrected chi connectivity index (χ4v) is 4.42. The molecule has 2 heterocycles. The fraction of sp³-hybridized carbons (Fsp3) is 0.0857. The zero-order chi connectivity index (χ0) is 27.2. The monoisotopic (exact) mass is 507 g/mol. The van der Waals surface area contributed by atoms with Crippen molar-refractivity contribution in [2.24, 2.45) is 7.05 Å². The standard InChI is InChI=1S/C35H31N4/c1-5-25(3)18-26(6-2)33-21-34(30-16-10-15-29(19-30)32-22-36-24-39(4)23-32)38-35(37-33)31-17-11-14-28(20-31)27-12-8-7-9-13-27/h5-24H,2H2,1,3-4H3/q+1. The predicted molar refractivity (Wildman–Crippen MR) is 160 cm³/mol. The van der Waals surface area contributed by atoms with Crippen LogP contribution < -0.4 is 4.57 Å². The number of nitrogens with zero attached hydrogens (tertiary/aromatic N) is 4. The van der Waals surface area contributed by atoms with Gasteiger partial charge in [0.25, 0.3) is 6.33 Å². The molecule has 0 N–H and O–H groups in total. The van der Waals surface area contributed by atoms with Crippen molar-refractivity contribution >= 4 is 5.57 Å². The van der Waals surface area contributed by atoms with E-state index >= 15 is 0 Å². The van der Waals surface area contributed by atoms with Gasteiger partial charge in [-0.25, -0.2) is 14.5 Å². The second-order valence-electron chi connectivity index (χ2n) is 9.47. The third-order valence-electron chi connectivity index (χ3n) is 6.61.